The first-order valence-corrected chi connectivity index (χ1v) is 7.08. The summed E-state index contributed by atoms with van der Waals surface area (Å²) in [5.74, 6) is -0.631. The molecule has 1 amide bonds. The predicted molar refractivity (Wildman–Crippen MR) is 55.1 cm³/mol. The van der Waals surface area contributed by atoms with Gasteiger partial charge >= 0.3 is 6.18 Å². The number of rotatable bonds is 3. The molecular weight excluding hydrogens is 259 g/mol. The van der Waals surface area contributed by atoms with Crippen molar-refractivity contribution in [1.82, 2.24) is 4.90 Å². The van der Waals surface area contributed by atoms with E-state index in [1.807, 2.05) is 0 Å². The van der Waals surface area contributed by atoms with Crippen LogP contribution in [0.4, 0.5) is 13.2 Å². The van der Waals surface area contributed by atoms with E-state index in [-0.39, 0.29) is 13.1 Å². The number of likely N-dealkylation sites (tertiary alicyclic amines) is 1. The Bertz CT molecular complexity index is 391. The molecule has 1 heterocycles. The van der Waals surface area contributed by atoms with Crippen LogP contribution in [0.15, 0.2) is 0 Å². The molecule has 0 bridgehead atoms. The molecule has 8 heteroatoms. The van der Waals surface area contributed by atoms with Gasteiger partial charge in [-0.2, -0.15) is 13.2 Å². The van der Waals surface area contributed by atoms with E-state index < -0.39 is 40.0 Å². The van der Waals surface area contributed by atoms with Crippen LogP contribution in [0, 0.1) is 0 Å². The van der Waals surface area contributed by atoms with Crippen molar-refractivity contribution in [3.8, 4) is 0 Å². The summed E-state index contributed by atoms with van der Waals surface area (Å²) in [6.07, 6.45) is -4.75. The highest BCUT2D eigenvalue weighted by atomic mass is 32.2. The first kappa shape index (κ1) is 14.3. The summed E-state index contributed by atoms with van der Waals surface area (Å²) in [4.78, 5) is 12.6. The van der Waals surface area contributed by atoms with Crippen molar-refractivity contribution >= 4 is 15.7 Å². The molecule has 1 rings (SSSR count). The van der Waals surface area contributed by atoms with Gasteiger partial charge in [0, 0.05) is 25.8 Å². The van der Waals surface area contributed by atoms with E-state index in [0.717, 1.165) is 6.26 Å². The molecule has 0 aliphatic carbocycles. The molecule has 1 unspecified atom stereocenters. The third kappa shape index (κ3) is 4.53. The number of alkyl halides is 3. The molecule has 1 aliphatic heterocycles. The minimum absolute atomic E-state index is 0.00945. The van der Waals surface area contributed by atoms with Crippen molar-refractivity contribution in [1.29, 1.82) is 0 Å². The van der Waals surface area contributed by atoms with Gasteiger partial charge in [-0.3, -0.25) is 4.79 Å². The molecule has 1 fully saturated rings. The van der Waals surface area contributed by atoms with Gasteiger partial charge in [-0.15, -0.1) is 0 Å². The standard InChI is InChI=1S/C9H14F3NO3S/c1-17(15,16)7-3-5-13(6-7)8(14)2-4-9(10,11)12/h7H,2-6H2,1H3. The zero-order valence-electron chi connectivity index (χ0n) is 9.33. The molecule has 1 aliphatic rings. The first-order valence-electron chi connectivity index (χ1n) is 5.13. The van der Waals surface area contributed by atoms with Crippen LogP contribution in [0.25, 0.3) is 0 Å². The van der Waals surface area contributed by atoms with Crippen molar-refractivity contribution in [2.75, 3.05) is 19.3 Å². The molecule has 1 atom stereocenters. The normalized spacial score (nSPS) is 21.9. The SMILES string of the molecule is CS(=O)(=O)C1CCN(C(=O)CCC(F)(F)F)C1. The van der Waals surface area contributed by atoms with Gasteiger partial charge < -0.3 is 4.90 Å². The summed E-state index contributed by atoms with van der Waals surface area (Å²) in [6, 6.07) is 0. The summed E-state index contributed by atoms with van der Waals surface area (Å²) in [6.45, 7) is 0.226. The van der Waals surface area contributed by atoms with Crippen molar-refractivity contribution in [3.05, 3.63) is 0 Å². The minimum Gasteiger partial charge on any atom is -0.341 e. The molecule has 0 radical (unpaired) electrons. The monoisotopic (exact) mass is 273 g/mol. The largest absolute Gasteiger partial charge is 0.389 e. The maximum Gasteiger partial charge on any atom is 0.389 e. The Hall–Kier alpha value is -0.790. The van der Waals surface area contributed by atoms with Crippen LogP contribution < -0.4 is 0 Å². The second-order valence-electron chi connectivity index (χ2n) is 4.20. The molecule has 0 aromatic carbocycles. The predicted octanol–water partition coefficient (Wildman–Crippen LogP) is 0.974. The van der Waals surface area contributed by atoms with Crippen LogP contribution in [0.5, 0.6) is 0 Å². The summed E-state index contributed by atoms with van der Waals surface area (Å²) >= 11 is 0. The molecule has 0 N–H and O–H groups in total. The molecule has 0 spiro atoms. The number of hydrogen-bond acceptors (Lipinski definition) is 3. The lowest BCUT2D eigenvalue weighted by Gasteiger charge is -2.16. The van der Waals surface area contributed by atoms with Crippen molar-refractivity contribution in [2.24, 2.45) is 0 Å². The summed E-state index contributed by atoms with van der Waals surface area (Å²) in [5.41, 5.74) is 0. The molecule has 0 aromatic heterocycles. The van der Waals surface area contributed by atoms with E-state index in [9.17, 15) is 26.4 Å². The lowest BCUT2D eigenvalue weighted by atomic mass is 10.3. The fraction of sp³-hybridized carbons (Fsp3) is 0.889. The van der Waals surface area contributed by atoms with Crippen molar-refractivity contribution in [3.63, 3.8) is 0 Å². The number of amides is 1. The quantitative estimate of drug-likeness (QED) is 0.770. The molecular formula is C9H14F3NO3S. The summed E-state index contributed by atoms with van der Waals surface area (Å²) in [5, 5.41) is -0.641. The van der Waals surface area contributed by atoms with Gasteiger partial charge in [0.1, 0.15) is 0 Å². The molecule has 0 saturated carbocycles. The summed E-state index contributed by atoms with van der Waals surface area (Å²) < 4.78 is 58.1. The molecule has 17 heavy (non-hydrogen) atoms. The zero-order valence-corrected chi connectivity index (χ0v) is 10.1. The van der Waals surface area contributed by atoms with Crippen LogP contribution in [-0.2, 0) is 14.6 Å². The lowest BCUT2D eigenvalue weighted by Crippen LogP contribution is -2.32. The molecule has 4 nitrogen and oxygen atoms in total. The number of nitrogens with zero attached hydrogens (tertiary/aromatic N) is 1. The third-order valence-corrected chi connectivity index (χ3v) is 4.32. The van der Waals surface area contributed by atoms with Gasteiger partial charge in [0.15, 0.2) is 9.84 Å². The van der Waals surface area contributed by atoms with E-state index in [0.29, 0.717) is 6.42 Å². The number of halogens is 3. The third-order valence-electron chi connectivity index (χ3n) is 2.73. The van der Waals surface area contributed by atoms with Gasteiger partial charge in [-0.25, -0.2) is 8.42 Å². The highest BCUT2D eigenvalue weighted by Crippen LogP contribution is 2.23. The van der Waals surface area contributed by atoms with E-state index in [4.69, 9.17) is 0 Å². The average molecular weight is 273 g/mol. The second-order valence-corrected chi connectivity index (χ2v) is 6.52. The van der Waals surface area contributed by atoms with Crippen LogP contribution >= 0.6 is 0 Å². The molecule has 0 aromatic rings. The Morgan fingerprint density at radius 2 is 2.00 bits per heavy atom. The van der Waals surface area contributed by atoms with E-state index >= 15 is 0 Å². The second kappa shape index (κ2) is 4.83. The fourth-order valence-electron chi connectivity index (χ4n) is 1.71. The van der Waals surface area contributed by atoms with Crippen molar-refractivity contribution in [2.45, 2.75) is 30.7 Å². The number of hydrogen-bond donors (Lipinski definition) is 0. The average Bonchev–Trinajstić information content (AvgIpc) is 2.60. The first-order chi connectivity index (χ1) is 7.59. The van der Waals surface area contributed by atoms with Gasteiger partial charge in [0.25, 0.3) is 0 Å². The van der Waals surface area contributed by atoms with Crippen LogP contribution in [0.1, 0.15) is 19.3 Å². The topological polar surface area (TPSA) is 54.5 Å². The van der Waals surface area contributed by atoms with Crippen LogP contribution in [-0.4, -0.2) is 50.0 Å². The number of sulfone groups is 1. The van der Waals surface area contributed by atoms with Crippen molar-refractivity contribution < 1.29 is 26.4 Å². The van der Waals surface area contributed by atoms with E-state index in [2.05, 4.69) is 0 Å². The van der Waals surface area contributed by atoms with Gasteiger partial charge in [0.05, 0.1) is 11.7 Å². The minimum atomic E-state index is -4.36. The smallest absolute Gasteiger partial charge is 0.341 e. The Balaban J connectivity index is 2.47. The molecule has 100 valence electrons. The van der Waals surface area contributed by atoms with Gasteiger partial charge in [-0.05, 0) is 6.42 Å². The number of carbonyl (C=O) groups is 1. The fourth-order valence-corrected chi connectivity index (χ4v) is 2.70. The summed E-state index contributed by atoms with van der Waals surface area (Å²) in [7, 11) is -3.23. The maximum absolute atomic E-state index is 11.9. The maximum atomic E-state index is 11.9. The van der Waals surface area contributed by atoms with Gasteiger partial charge in [0.2, 0.25) is 5.91 Å². The molecule has 1 saturated heterocycles. The van der Waals surface area contributed by atoms with E-state index in [1.54, 1.807) is 0 Å². The lowest BCUT2D eigenvalue weighted by molar-refractivity contribution is -0.148. The van der Waals surface area contributed by atoms with Gasteiger partial charge in [-0.1, -0.05) is 0 Å². The zero-order chi connectivity index (χ0) is 13.3. The Morgan fingerprint density at radius 1 is 1.41 bits per heavy atom. The highest BCUT2D eigenvalue weighted by molar-refractivity contribution is 7.91. The van der Waals surface area contributed by atoms with E-state index in [1.165, 1.54) is 4.90 Å². The Kier molecular flexibility index (Phi) is 4.06. The number of carbonyl (C=O) groups excluding carboxylic acids is 1. The van der Waals surface area contributed by atoms with Crippen LogP contribution in [0.2, 0.25) is 0 Å². The Labute approximate surface area is 97.7 Å². The highest BCUT2D eigenvalue weighted by Gasteiger charge is 2.34. The van der Waals surface area contributed by atoms with Crippen LogP contribution in [0.3, 0.4) is 0 Å². The Morgan fingerprint density at radius 3 is 2.41 bits per heavy atom.